The molecule has 2 N–H and O–H groups in total. The normalized spacial score (nSPS) is 12.3. The second-order valence-electron chi connectivity index (χ2n) is 4.09. The van der Waals surface area contributed by atoms with Crippen LogP contribution < -0.4 is 5.32 Å². The van der Waals surface area contributed by atoms with Gasteiger partial charge in [0.1, 0.15) is 6.04 Å². The lowest BCUT2D eigenvalue weighted by atomic mass is 10.1. The highest BCUT2D eigenvalue weighted by molar-refractivity contribution is 5.75. The fourth-order valence-corrected chi connectivity index (χ4v) is 1.75. The summed E-state index contributed by atoms with van der Waals surface area (Å²) >= 11 is 0. The smallest absolute Gasteiger partial charge is 0.325 e. The molecular formula is C13H15N3O2. The molecule has 94 valence electrons. The van der Waals surface area contributed by atoms with Crippen molar-refractivity contribution in [3.05, 3.63) is 53.9 Å². The van der Waals surface area contributed by atoms with Crippen LogP contribution in [0.15, 0.2) is 42.7 Å². The molecule has 5 heteroatoms. The quantitative estimate of drug-likeness (QED) is 0.834. The number of benzene rings is 1. The average Bonchev–Trinajstić information content (AvgIpc) is 2.77. The zero-order valence-corrected chi connectivity index (χ0v) is 10.1. The molecule has 0 spiro atoms. The highest BCUT2D eigenvalue weighted by atomic mass is 16.4. The molecule has 2 rings (SSSR count). The average molecular weight is 245 g/mol. The molecule has 2 aromatic rings. The second kappa shape index (κ2) is 5.46. The van der Waals surface area contributed by atoms with E-state index in [0.29, 0.717) is 12.1 Å². The minimum atomic E-state index is -0.904. The Balaban J connectivity index is 2.06. The lowest BCUT2D eigenvalue weighted by Crippen LogP contribution is -2.27. The standard InChI is InChI=1S/C13H15N3O2/c1-16-9-11(8-15-16)12(13(17)18)14-7-10-5-3-2-4-6-10/h2-6,8-9,12,14H,7H2,1H3,(H,17,18). The van der Waals surface area contributed by atoms with Gasteiger partial charge in [0.05, 0.1) is 6.20 Å². The minimum absolute atomic E-state index is 0.507. The predicted octanol–water partition coefficient (Wildman–Crippen LogP) is 1.34. The Bertz CT molecular complexity index is 522. The molecule has 1 heterocycles. The number of rotatable bonds is 5. The predicted molar refractivity (Wildman–Crippen MR) is 66.9 cm³/mol. The van der Waals surface area contributed by atoms with Gasteiger partial charge in [-0.2, -0.15) is 5.10 Å². The summed E-state index contributed by atoms with van der Waals surface area (Å²) in [6.07, 6.45) is 3.27. The van der Waals surface area contributed by atoms with Gasteiger partial charge in [-0.05, 0) is 5.56 Å². The molecule has 0 aliphatic rings. The van der Waals surface area contributed by atoms with Gasteiger partial charge in [0, 0.05) is 25.4 Å². The first kappa shape index (κ1) is 12.3. The number of nitrogens with zero attached hydrogens (tertiary/aromatic N) is 2. The molecule has 5 nitrogen and oxygen atoms in total. The van der Waals surface area contributed by atoms with Gasteiger partial charge in [0.15, 0.2) is 0 Å². The van der Waals surface area contributed by atoms with E-state index in [2.05, 4.69) is 10.4 Å². The summed E-state index contributed by atoms with van der Waals surface area (Å²) < 4.78 is 1.59. The van der Waals surface area contributed by atoms with Crippen LogP contribution in [0.1, 0.15) is 17.2 Å². The van der Waals surface area contributed by atoms with Gasteiger partial charge in [0.25, 0.3) is 0 Å². The number of carboxylic acids is 1. The van der Waals surface area contributed by atoms with Crippen LogP contribution in [0.3, 0.4) is 0 Å². The van der Waals surface area contributed by atoms with E-state index in [0.717, 1.165) is 5.56 Å². The van der Waals surface area contributed by atoms with Gasteiger partial charge < -0.3 is 5.11 Å². The Morgan fingerprint density at radius 2 is 2.17 bits per heavy atom. The van der Waals surface area contributed by atoms with Crippen LogP contribution in [-0.4, -0.2) is 20.9 Å². The number of aliphatic carboxylic acids is 1. The summed E-state index contributed by atoms with van der Waals surface area (Å²) in [5, 5.41) is 16.2. The number of carbonyl (C=O) groups is 1. The summed E-state index contributed by atoms with van der Waals surface area (Å²) in [7, 11) is 1.76. The van der Waals surface area contributed by atoms with E-state index in [1.54, 1.807) is 24.1 Å². The van der Waals surface area contributed by atoms with Gasteiger partial charge in [-0.15, -0.1) is 0 Å². The zero-order valence-electron chi connectivity index (χ0n) is 10.1. The number of hydrogen-bond acceptors (Lipinski definition) is 3. The maximum absolute atomic E-state index is 11.2. The Morgan fingerprint density at radius 3 is 2.72 bits per heavy atom. The molecule has 1 unspecified atom stereocenters. The molecule has 0 aliphatic carbocycles. The van der Waals surface area contributed by atoms with Crippen LogP contribution >= 0.6 is 0 Å². The van der Waals surface area contributed by atoms with E-state index < -0.39 is 12.0 Å². The van der Waals surface area contributed by atoms with Crippen LogP contribution in [0.4, 0.5) is 0 Å². The van der Waals surface area contributed by atoms with Crippen LogP contribution in [0, 0.1) is 0 Å². The van der Waals surface area contributed by atoms with Crippen LogP contribution in [-0.2, 0) is 18.4 Å². The summed E-state index contributed by atoms with van der Waals surface area (Å²) in [4.78, 5) is 11.2. The lowest BCUT2D eigenvalue weighted by molar-refractivity contribution is -0.139. The first-order valence-electron chi connectivity index (χ1n) is 5.65. The maximum Gasteiger partial charge on any atom is 0.325 e. The van der Waals surface area contributed by atoms with Crippen molar-refractivity contribution in [2.24, 2.45) is 7.05 Å². The van der Waals surface area contributed by atoms with Gasteiger partial charge in [0.2, 0.25) is 0 Å². The Hall–Kier alpha value is -2.14. The van der Waals surface area contributed by atoms with Crippen molar-refractivity contribution < 1.29 is 9.90 Å². The van der Waals surface area contributed by atoms with E-state index in [1.165, 1.54) is 0 Å². The number of carboxylic acid groups (broad SMARTS) is 1. The summed E-state index contributed by atoms with van der Waals surface area (Å²) in [6, 6.07) is 8.95. The van der Waals surface area contributed by atoms with Crippen molar-refractivity contribution in [2.75, 3.05) is 0 Å². The van der Waals surface area contributed by atoms with Gasteiger partial charge in [-0.3, -0.25) is 14.8 Å². The van der Waals surface area contributed by atoms with Gasteiger partial charge >= 0.3 is 5.97 Å². The number of nitrogens with one attached hydrogen (secondary N) is 1. The van der Waals surface area contributed by atoms with E-state index in [-0.39, 0.29) is 0 Å². The molecule has 0 aliphatic heterocycles. The third kappa shape index (κ3) is 2.95. The molecule has 0 saturated carbocycles. The summed E-state index contributed by atoms with van der Waals surface area (Å²) in [6.45, 7) is 0.507. The van der Waals surface area contributed by atoms with Crippen molar-refractivity contribution in [1.82, 2.24) is 15.1 Å². The molecule has 1 aromatic heterocycles. The third-order valence-electron chi connectivity index (χ3n) is 2.66. The highest BCUT2D eigenvalue weighted by Gasteiger charge is 2.20. The van der Waals surface area contributed by atoms with Gasteiger partial charge in [-0.25, -0.2) is 0 Å². The van der Waals surface area contributed by atoms with Gasteiger partial charge in [-0.1, -0.05) is 30.3 Å². The van der Waals surface area contributed by atoms with E-state index in [9.17, 15) is 9.90 Å². The second-order valence-corrected chi connectivity index (χ2v) is 4.09. The fourth-order valence-electron chi connectivity index (χ4n) is 1.75. The lowest BCUT2D eigenvalue weighted by Gasteiger charge is -2.12. The third-order valence-corrected chi connectivity index (χ3v) is 2.66. The molecule has 0 amide bonds. The minimum Gasteiger partial charge on any atom is -0.480 e. The molecule has 0 radical (unpaired) electrons. The SMILES string of the molecule is Cn1cc(C(NCc2ccccc2)C(=O)O)cn1. The first-order valence-corrected chi connectivity index (χ1v) is 5.65. The van der Waals surface area contributed by atoms with Crippen molar-refractivity contribution >= 4 is 5.97 Å². The summed E-state index contributed by atoms with van der Waals surface area (Å²) in [5.41, 5.74) is 1.70. The van der Waals surface area contributed by atoms with Crippen LogP contribution in [0.5, 0.6) is 0 Å². The van der Waals surface area contributed by atoms with E-state index in [4.69, 9.17) is 0 Å². The number of hydrogen-bond donors (Lipinski definition) is 2. The molecule has 1 aromatic carbocycles. The number of aromatic nitrogens is 2. The van der Waals surface area contributed by atoms with Crippen molar-refractivity contribution in [3.8, 4) is 0 Å². The topological polar surface area (TPSA) is 67.2 Å². The summed E-state index contributed by atoms with van der Waals surface area (Å²) in [5.74, 6) is -0.904. The molecule has 0 fully saturated rings. The molecule has 1 atom stereocenters. The number of aryl methyl sites for hydroxylation is 1. The highest BCUT2D eigenvalue weighted by Crippen LogP contribution is 2.13. The Kier molecular flexibility index (Phi) is 3.74. The Labute approximate surface area is 105 Å². The van der Waals surface area contributed by atoms with Crippen LogP contribution in [0.25, 0.3) is 0 Å². The molecule has 0 bridgehead atoms. The van der Waals surface area contributed by atoms with Crippen molar-refractivity contribution in [1.29, 1.82) is 0 Å². The largest absolute Gasteiger partial charge is 0.480 e. The first-order chi connectivity index (χ1) is 8.66. The van der Waals surface area contributed by atoms with Crippen LogP contribution in [0.2, 0.25) is 0 Å². The van der Waals surface area contributed by atoms with Crippen molar-refractivity contribution in [2.45, 2.75) is 12.6 Å². The molecular weight excluding hydrogens is 230 g/mol. The van der Waals surface area contributed by atoms with E-state index in [1.807, 2.05) is 30.3 Å². The maximum atomic E-state index is 11.2. The monoisotopic (exact) mass is 245 g/mol. The van der Waals surface area contributed by atoms with E-state index >= 15 is 0 Å². The van der Waals surface area contributed by atoms with Crippen molar-refractivity contribution in [3.63, 3.8) is 0 Å². The Morgan fingerprint density at radius 1 is 1.44 bits per heavy atom. The molecule has 18 heavy (non-hydrogen) atoms. The zero-order chi connectivity index (χ0) is 13.0. The molecule has 0 saturated heterocycles. The fraction of sp³-hybridized carbons (Fsp3) is 0.231.